The largest absolute Gasteiger partial charge is 0.320 e. The maximum Gasteiger partial charge on any atom is 0.250 e. The third-order valence-electron chi connectivity index (χ3n) is 3.41. The van der Waals surface area contributed by atoms with Crippen LogP contribution in [-0.2, 0) is 4.79 Å². The lowest BCUT2D eigenvalue weighted by Crippen LogP contribution is -2.51. The van der Waals surface area contributed by atoms with Gasteiger partial charge in [0.1, 0.15) is 0 Å². The van der Waals surface area contributed by atoms with E-state index in [0.29, 0.717) is 6.04 Å². The van der Waals surface area contributed by atoms with Gasteiger partial charge in [0, 0.05) is 10.3 Å². The highest BCUT2D eigenvalue weighted by atomic mass is 32.2. The topological polar surface area (TPSA) is 20.3 Å². The molecule has 2 nitrogen and oxygen atoms in total. The average molecular weight is 225 g/mol. The zero-order chi connectivity index (χ0) is 11.4. The maximum absolute atomic E-state index is 12.2. The van der Waals surface area contributed by atoms with Crippen LogP contribution >= 0.6 is 11.8 Å². The summed E-state index contributed by atoms with van der Waals surface area (Å²) in [4.78, 5) is 14.2. The average Bonchev–Trinajstić information content (AvgIpc) is 2.24. The molecular formula is C12H19NOS. The lowest BCUT2D eigenvalue weighted by molar-refractivity contribution is -0.132. The first kappa shape index (κ1) is 11.1. The quantitative estimate of drug-likeness (QED) is 0.632. The second kappa shape index (κ2) is 3.03. The van der Waals surface area contributed by atoms with Gasteiger partial charge in [0.2, 0.25) is 0 Å². The molecule has 2 aliphatic rings. The van der Waals surface area contributed by atoms with Crippen LogP contribution in [0.4, 0.5) is 0 Å². The number of nitrogens with zero attached hydrogens (tertiary/aromatic N) is 1. The van der Waals surface area contributed by atoms with E-state index in [1.807, 2.05) is 18.7 Å². The highest BCUT2D eigenvalue weighted by Gasteiger charge is 2.54. The Morgan fingerprint density at radius 1 is 1.40 bits per heavy atom. The van der Waals surface area contributed by atoms with Crippen molar-refractivity contribution in [3.05, 3.63) is 11.6 Å². The van der Waals surface area contributed by atoms with Crippen molar-refractivity contribution in [3.8, 4) is 0 Å². The summed E-state index contributed by atoms with van der Waals surface area (Å²) < 4.78 is 0.163. The third-order valence-corrected chi connectivity index (χ3v) is 4.90. The molecule has 1 amide bonds. The fourth-order valence-corrected chi connectivity index (χ4v) is 4.72. The molecule has 1 atom stereocenters. The third kappa shape index (κ3) is 1.52. The van der Waals surface area contributed by atoms with Crippen molar-refractivity contribution in [2.24, 2.45) is 0 Å². The van der Waals surface area contributed by atoms with Crippen molar-refractivity contribution >= 4 is 17.7 Å². The van der Waals surface area contributed by atoms with Gasteiger partial charge in [-0.05, 0) is 41.0 Å². The molecule has 0 radical (unpaired) electrons. The Labute approximate surface area is 96.1 Å². The van der Waals surface area contributed by atoms with E-state index in [-0.39, 0.29) is 15.5 Å². The first-order valence-corrected chi connectivity index (χ1v) is 6.28. The monoisotopic (exact) mass is 225 g/mol. The molecule has 2 aliphatic heterocycles. The summed E-state index contributed by atoms with van der Waals surface area (Å²) in [6.45, 7) is 10.7. The van der Waals surface area contributed by atoms with Crippen molar-refractivity contribution in [1.29, 1.82) is 0 Å². The van der Waals surface area contributed by atoms with E-state index in [4.69, 9.17) is 0 Å². The summed E-state index contributed by atoms with van der Waals surface area (Å²) in [7, 11) is 0. The predicted molar refractivity (Wildman–Crippen MR) is 64.8 cm³/mol. The van der Waals surface area contributed by atoms with Crippen molar-refractivity contribution < 1.29 is 4.79 Å². The number of carbonyl (C=O) groups excluding carboxylic acids is 1. The van der Waals surface area contributed by atoms with Gasteiger partial charge in [-0.25, -0.2) is 0 Å². The molecular weight excluding hydrogens is 206 g/mol. The molecule has 0 aromatic carbocycles. The molecule has 15 heavy (non-hydrogen) atoms. The van der Waals surface area contributed by atoms with E-state index in [1.54, 1.807) is 0 Å². The van der Waals surface area contributed by atoms with Crippen LogP contribution in [0.2, 0.25) is 0 Å². The first-order valence-electron chi connectivity index (χ1n) is 5.46. The second-order valence-electron chi connectivity index (χ2n) is 5.47. The van der Waals surface area contributed by atoms with Crippen LogP contribution in [0, 0.1) is 0 Å². The van der Waals surface area contributed by atoms with Gasteiger partial charge in [0.05, 0.1) is 10.9 Å². The zero-order valence-electron chi connectivity index (χ0n) is 10.1. The van der Waals surface area contributed by atoms with Crippen LogP contribution in [0.1, 0.15) is 41.0 Å². The predicted octanol–water partition coefficient (Wildman–Crippen LogP) is 2.80. The lowest BCUT2D eigenvalue weighted by atomic mass is 9.92. The van der Waals surface area contributed by atoms with Crippen LogP contribution in [0.25, 0.3) is 0 Å². The summed E-state index contributed by atoms with van der Waals surface area (Å²) in [6.07, 6.45) is 3.09. The number of thioether (sulfide) groups is 1. The Kier molecular flexibility index (Phi) is 2.24. The number of rotatable bonds is 0. The van der Waals surface area contributed by atoms with E-state index in [0.717, 1.165) is 12.0 Å². The highest BCUT2D eigenvalue weighted by Crippen LogP contribution is 2.53. The van der Waals surface area contributed by atoms with E-state index in [9.17, 15) is 4.79 Å². The summed E-state index contributed by atoms with van der Waals surface area (Å²) in [5.74, 6) is 0.217. The minimum atomic E-state index is -0.0687. The van der Waals surface area contributed by atoms with Gasteiger partial charge in [-0.2, -0.15) is 0 Å². The fraction of sp³-hybridized carbons (Fsp3) is 0.750. The normalized spacial score (nSPS) is 32.6. The van der Waals surface area contributed by atoms with Crippen molar-refractivity contribution in [3.63, 3.8) is 0 Å². The van der Waals surface area contributed by atoms with Gasteiger partial charge in [0.15, 0.2) is 0 Å². The first-order chi connectivity index (χ1) is 6.76. The Bertz CT molecular complexity index is 344. The second-order valence-corrected chi connectivity index (χ2v) is 7.72. The Morgan fingerprint density at radius 2 is 2.00 bits per heavy atom. The molecule has 0 aliphatic carbocycles. The van der Waals surface area contributed by atoms with Crippen molar-refractivity contribution in [1.82, 2.24) is 4.90 Å². The lowest BCUT2D eigenvalue weighted by Gasteiger charge is -2.38. The Hall–Kier alpha value is -0.440. The molecule has 1 fully saturated rings. The van der Waals surface area contributed by atoms with Crippen LogP contribution in [0.15, 0.2) is 11.6 Å². The minimum absolute atomic E-state index is 0.0687. The van der Waals surface area contributed by atoms with Crippen LogP contribution in [0.3, 0.4) is 0 Å². The Morgan fingerprint density at radius 3 is 2.60 bits per heavy atom. The summed E-state index contributed by atoms with van der Waals surface area (Å²) >= 11 is 1.91. The molecule has 1 saturated heterocycles. The maximum atomic E-state index is 12.2. The Balaban J connectivity index is 2.44. The van der Waals surface area contributed by atoms with E-state index in [1.165, 1.54) is 0 Å². The van der Waals surface area contributed by atoms with Gasteiger partial charge in [-0.15, -0.1) is 11.8 Å². The molecule has 0 saturated carbocycles. The molecule has 0 spiro atoms. The van der Waals surface area contributed by atoms with Gasteiger partial charge < -0.3 is 4.90 Å². The SMILES string of the molecule is CC1=CCC2N(C1=O)C(C)(C)SC2(C)C. The van der Waals surface area contributed by atoms with E-state index < -0.39 is 0 Å². The highest BCUT2D eigenvalue weighted by molar-refractivity contribution is 8.02. The van der Waals surface area contributed by atoms with E-state index >= 15 is 0 Å². The van der Waals surface area contributed by atoms with Gasteiger partial charge in [-0.1, -0.05) is 6.08 Å². The van der Waals surface area contributed by atoms with Crippen LogP contribution < -0.4 is 0 Å². The number of carbonyl (C=O) groups is 1. The minimum Gasteiger partial charge on any atom is -0.320 e. The fourth-order valence-electron chi connectivity index (χ4n) is 2.79. The van der Waals surface area contributed by atoms with Gasteiger partial charge in [0.25, 0.3) is 5.91 Å². The number of fused-ring (bicyclic) bond motifs is 1. The molecule has 1 unspecified atom stereocenters. The number of hydrogen-bond donors (Lipinski definition) is 0. The molecule has 0 aromatic rings. The molecule has 0 bridgehead atoms. The standard InChI is InChI=1S/C12H19NOS/c1-8-6-7-9-11(2,3)15-12(4,5)13(9)10(8)14/h6,9H,7H2,1-5H3. The molecule has 0 N–H and O–H groups in total. The van der Waals surface area contributed by atoms with E-state index in [2.05, 4.69) is 38.7 Å². The number of hydrogen-bond acceptors (Lipinski definition) is 2. The van der Waals surface area contributed by atoms with Crippen LogP contribution in [-0.4, -0.2) is 26.5 Å². The zero-order valence-corrected chi connectivity index (χ0v) is 10.9. The van der Waals surface area contributed by atoms with Crippen LogP contribution in [0.5, 0.6) is 0 Å². The van der Waals surface area contributed by atoms with Gasteiger partial charge in [-0.3, -0.25) is 4.79 Å². The smallest absolute Gasteiger partial charge is 0.250 e. The number of amides is 1. The molecule has 2 rings (SSSR count). The van der Waals surface area contributed by atoms with Crippen molar-refractivity contribution in [2.75, 3.05) is 0 Å². The van der Waals surface area contributed by atoms with Crippen molar-refractivity contribution in [2.45, 2.75) is 56.7 Å². The molecule has 0 aromatic heterocycles. The van der Waals surface area contributed by atoms with Gasteiger partial charge >= 0.3 is 0 Å². The summed E-state index contributed by atoms with van der Waals surface area (Å²) in [5.41, 5.74) is 0.901. The summed E-state index contributed by atoms with van der Waals surface area (Å²) in [5, 5.41) is 0. The molecule has 84 valence electrons. The molecule has 2 heterocycles. The summed E-state index contributed by atoms with van der Waals surface area (Å²) in [6, 6.07) is 0.355. The molecule has 3 heteroatoms.